The van der Waals surface area contributed by atoms with Gasteiger partial charge in [0.15, 0.2) is 0 Å². The van der Waals surface area contributed by atoms with Gasteiger partial charge in [-0.15, -0.1) is 0 Å². The zero-order chi connectivity index (χ0) is 20.4. The molecule has 4 rings (SSSR count). The number of fused-ring (bicyclic) bond motifs is 3. The van der Waals surface area contributed by atoms with Gasteiger partial charge in [-0.1, -0.05) is 42.0 Å². The van der Waals surface area contributed by atoms with Gasteiger partial charge in [0.2, 0.25) is 5.91 Å². The van der Waals surface area contributed by atoms with E-state index in [0.29, 0.717) is 16.5 Å². The average molecular weight is 389 g/mol. The Hall–Kier alpha value is -3.41. The van der Waals surface area contributed by atoms with Crippen molar-refractivity contribution in [1.29, 1.82) is 0 Å². The van der Waals surface area contributed by atoms with Crippen LogP contribution in [0.1, 0.15) is 24.5 Å². The fourth-order valence-electron chi connectivity index (χ4n) is 3.57. The monoisotopic (exact) mass is 389 g/mol. The first-order chi connectivity index (χ1) is 14.0. The van der Waals surface area contributed by atoms with Crippen molar-refractivity contribution >= 4 is 27.8 Å². The quantitative estimate of drug-likeness (QED) is 0.511. The zero-order valence-corrected chi connectivity index (χ0v) is 16.5. The number of hydrogen-bond acceptors (Lipinski definition) is 4. The van der Waals surface area contributed by atoms with Crippen LogP contribution in [0.15, 0.2) is 63.9 Å². The van der Waals surface area contributed by atoms with Crippen molar-refractivity contribution in [1.82, 2.24) is 15.1 Å². The number of aromatic nitrogens is 2. The van der Waals surface area contributed by atoms with Gasteiger partial charge in [0, 0.05) is 11.4 Å². The first-order valence-electron chi connectivity index (χ1n) is 9.73. The van der Waals surface area contributed by atoms with Gasteiger partial charge in [0.05, 0.1) is 11.7 Å². The molecule has 2 aromatic carbocycles. The largest absolute Gasteiger partial charge is 0.422 e. The molecule has 0 saturated carbocycles. The molecule has 2 heterocycles. The second-order valence-corrected chi connectivity index (χ2v) is 7.45. The lowest BCUT2D eigenvalue weighted by molar-refractivity contribution is -0.122. The number of benzene rings is 2. The summed E-state index contributed by atoms with van der Waals surface area (Å²) in [6.45, 7) is 4.01. The highest BCUT2D eigenvalue weighted by atomic mass is 16.4. The van der Waals surface area contributed by atoms with E-state index in [4.69, 9.17) is 4.42 Å². The van der Waals surface area contributed by atoms with Gasteiger partial charge in [-0.05, 0) is 44.4 Å². The maximum absolute atomic E-state index is 12.6. The van der Waals surface area contributed by atoms with E-state index in [-0.39, 0.29) is 18.5 Å². The standard InChI is InChI=1S/C23H23N3O3/c1-15-8-11-20-18(12-15)22-19(23(28)29-20)13-24-26(22)14-21(27)25-16(2)9-10-17-6-4-3-5-7-17/h3-8,11-13,16H,9-10,14H2,1-2H3,(H,25,27). The molecule has 1 N–H and O–H groups in total. The van der Waals surface area contributed by atoms with Gasteiger partial charge in [0.25, 0.3) is 0 Å². The molecule has 4 aromatic rings. The van der Waals surface area contributed by atoms with Gasteiger partial charge in [-0.3, -0.25) is 9.48 Å². The molecule has 2 aromatic heterocycles. The van der Waals surface area contributed by atoms with Crippen LogP contribution < -0.4 is 10.9 Å². The van der Waals surface area contributed by atoms with Crippen molar-refractivity contribution < 1.29 is 9.21 Å². The Morgan fingerprint density at radius 1 is 1.17 bits per heavy atom. The number of aryl methyl sites for hydroxylation is 2. The second kappa shape index (κ2) is 7.91. The van der Waals surface area contributed by atoms with E-state index in [1.165, 1.54) is 11.8 Å². The molecule has 0 fully saturated rings. The molecule has 6 nitrogen and oxygen atoms in total. The summed E-state index contributed by atoms with van der Waals surface area (Å²) in [5, 5.41) is 8.46. The molecule has 1 amide bonds. The summed E-state index contributed by atoms with van der Waals surface area (Å²) < 4.78 is 6.95. The van der Waals surface area contributed by atoms with Crippen molar-refractivity contribution in [2.24, 2.45) is 0 Å². The van der Waals surface area contributed by atoms with Crippen molar-refractivity contribution in [3.8, 4) is 0 Å². The summed E-state index contributed by atoms with van der Waals surface area (Å²) in [5.74, 6) is -0.135. The minimum Gasteiger partial charge on any atom is -0.422 e. The third-order valence-corrected chi connectivity index (χ3v) is 5.06. The molecule has 0 spiro atoms. The molecule has 0 bridgehead atoms. The summed E-state index contributed by atoms with van der Waals surface area (Å²) in [6, 6.07) is 15.8. The molecule has 29 heavy (non-hydrogen) atoms. The predicted octanol–water partition coefficient (Wildman–Crippen LogP) is 3.59. The maximum atomic E-state index is 12.6. The molecular formula is C23H23N3O3. The summed E-state index contributed by atoms with van der Waals surface area (Å²) in [6.07, 6.45) is 3.22. The molecule has 6 heteroatoms. The smallest absolute Gasteiger partial charge is 0.347 e. The highest BCUT2D eigenvalue weighted by molar-refractivity contribution is 6.02. The van der Waals surface area contributed by atoms with Crippen LogP contribution in [0.3, 0.4) is 0 Å². The molecule has 0 aliphatic heterocycles. The topological polar surface area (TPSA) is 77.1 Å². The van der Waals surface area contributed by atoms with Crippen LogP contribution in [-0.2, 0) is 17.8 Å². The Morgan fingerprint density at radius 3 is 2.76 bits per heavy atom. The SMILES string of the molecule is Cc1ccc2oc(=O)c3cnn(CC(=O)NC(C)CCc4ccccc4)c3c2c1. The Kier molecular flexibility index (Phi) is 5.16. The van der Waals surface area contributed by atoms with Crippen molar-refractivity contribution in [2.75, 3.05) is 0 Å². The van der Waals surface area contributed by atoms with E-state index in [1.807, 2.05) is 44.2 Å². The van der Waals surface area contributed by atoms with Gasteiger partial charge in [0.1, 0.15) is 17.5 Å². The lowest BCUT2D eigenvalue weighted by atomic mass is 10.1. The predicted molar refractivity (Wildman–Crippen MR) is 113 cm³/mol. The van der Waals surface area contributed by atoms with Gasteiger partial charge >= 0.3 is 5.63 Å². The van der Waals surface area contributed by atoms with Crippen LogP contribution >= 0.6 is 0 Å². The van der Waals surface area contributed by atoms with E-state index in [2.05, 4.69) is 22.5 Å². The van der Waals surface area contributed by atoms with Gasteiger partial charge in [-0.25, -0.2) is 4.79 Å². The Morgan fingerprint density at radius 2 is 1.97 bits per heavy atom. The molecule has 0 aliphatic carbocycles. The van der Waals surface area contributed by atoms with Crippen molar-refractivity contribution in [3.05, 3.63) is 76.3 Å². The number of nitrogens with zero attached hydrogens (tertiary/aromatic N) is 2. The molecule has 1 unspecified atom stereocenters. The summed E-state index contributed by atoms with van der Waals surface area (Å²) >= 11 is 0. The van der Waals surface area contributed by atoms with Crippen LogP contribution in [0.25, 0.3) is 21.9 Å². The Labute approximate surface area is 168 Å². The highest BCUT2D eigenvalue weighted by Crippen LogP contribution is 2.23. The maximum Gasteiger partial charge on any atom is 0.347 e. The Balaban J connectivity index is 1.51. The molecular weight excluding hydrogens is 366 g/mol. The number of nitrogens with one attached hydrogen (secondary N) is 1. The van der Waals surface area contributed by atoms with Crippen LogP contribution in [0.4, 0.5) is 0 Å². The molecule has 1 atom stereocenters. The van der Waals surface area contributed by atoms with Crippen LogP contribution in [0.2, 0.25) is 0 Å². The number of rotatable bonds is 6. The van der Waals surface area contributed by atoms with E-state index in [1.54, 1.807) is 10.7 Å². The van der Waals surface area contributed by atoms with Crippen LogP contribution in [-0.4, -0.2) is 21.7 Å². The van der Waals surface area contributed by atoms with E-state index < -0.39 is 5.63 Å². The fraction of sp³-hybridized carbons (Fsp3) is 0.261. The Bertz CT molecular complexity index is 1220. The van der Waals surface area contributed by atoms with Crippen molar-refractivity contribution in [3.63, 3.8) is 0 Å². The number of carbonyl (C=O) groups is 1. The number of amides is 1. The summed E-state index contributed by atoms with van der Waals surface area (Å²) in [4.78, 5) is 24.8. The lowest BCUT2D eigenvalue weighted by Crippen LogP contribution is -2.35. The first kappa shape index (κ1) is 18.9. The van der Waals surface area contributed by atoms with E-state index in [9.17, 15) is 9.59 Å². The number of carbonyl (C=O) groups excluding carboxylic acids is 1. The molecule has 148 valence electrons. The average Bonchev–Trinajstić information content (AvgIpc) is 3.12. The summed E-state index contributed by atoms with van der Waals surface area (Å²) in [5.41, 5.74) is 2.97. The molecule has 0 saturated heterocycles. The normalized spacial score (nSPS) is 12.3. The molecule has 0 radical (unpaired) electrons. The van der Waals surface area contributed by atoms with Gasteiger partial charge in [-0.2, -0.15) is 5.10 Å². The third-order valence-electron chi connectivity index (χ3n) is 5.06. The van der Waals surface area contributed by atoms with E-state index >= 15 is 0 Å². The second-order valence-electron chi connectivity index (χ2n) is 7.45. The summed E-state index contributed by atoms with van der Waals surface area (Å²) in [7, 11) is 0. The van der Waals surface area contributed by atoms with Crippen molar-refractivity contribution in [2.45, 2.75) is 39.3 Å². The minimum absolute atomic E-state index is 0.0357. The highest BCUT2D eigenvalue weighted by Gasteiger charge is 2.16. The van der Waals surface area contributed by atoms with Crippen LogP contribution in [0.5, 0.6) is 0 Å². The zero-order valence-electron chi connectivity index (χ0n) is 16.5. The van der Waals surface area contributed by atoms with Gasteiger partial charge < -0.3 is 9.73 Å². The minimum atomic E-state index is -0.445. The first-order valence-corrected chi connectivity index (χ1v) is 9.73. The fourth-order valence-corrected chi connectivity index (χ4v) is 3.57. The lowest BCUT2D eigenvalue weighted by Gasteiger charge is -2.14. The molecule has 0 aliphatic rings. The number of hydrogen-bond donors (Lipinski definition) is 1. The van der Waals surface area contributed by atoms with Crippen LogP contribution in [0, 0.1) is 6.92 Å². The third kappa shape index (κ3) is 4.06. The van der Waals surface area contributed by atoms with E-state index in [0.717, 1.165) is 23.8 Å².